The molecule has 1 N–H and O–H groups in total. The lowest BCUT2D eigenvalue weighted by Gasteiger charge is -2.48. The maximum absolute atomic E-state index is 13.3. The summed E-state index contributed by atoms with van der Waals surface area (Å²) in [5.41, 5.74) is 1.53. The number of hydrogen-bond acceptors (Lipinski definition) is 5. The van der Waals surface area contributed by atoms with E-state index >= 15 is 0 Å². The molecule has 1 aromatic rings. The Kier molecular flexibility index (Phi) is 8.77. The quantitative estimate of drug-likeness (QED) is 0.430. The van der Waals surface area contributed by atoms with Crippen LogP contribution in [0.3, 0.4) is 0 Å². The van der Waals surface area contributed by atoms with Gasteiger partial charge in [0.25, 0.3) is 0 Å². The van der Waals surface area contributed by atoms with Crippen LogP contribution < -0.4 is 5.32 Å². The maximum atomic E-state index is 13.3. The summed E-state index contributed by atoms with van der Waals surface area (Å²) in [6, 6.07) is 5.37. The van der Waals surface area contributed by atoms with E-state index in [-0.39, 0.29) is 29.3 Å². The lowest BCUT2D eigenvalue weighted by atomic mass is 9.93. The van der Waals surface area contributed by atoms with Crippen molar-refractivity contribution >= 4 is 31.7 Å². The summed E-state index contributed by atoms with van der Waals surface area (Å²) in [5, 5.41) is 13.4. The van der Waals surface area contributed by atoms with Gasteiger partial charge in [-0.1, -0.05) is 32.4 Å². The Hall–Kier alpha value is -1.75. The molecule has 1 saturated heterocycles. The van der Waals surface area contributed by atoms with Crippen LogP contribution in [0.4, 0.5) is 10.5 Å². The second kappa shape index (κ2) is 10.5. The average molecular weight is 508 g/mol. The number of ether oxygens (including phenoxy) is 1. The standard InChI is InChI=1S/C26H42ClN3O3Si/c1-17-20(14-13-19(16-28)22(17)27)29-18(2)23-21(33-34(9,10)26(6,7)8)12-11-15-30(23)24(31)32-25(3,4)5/h13-14,18,21,23,29H,11-12,15H2,1-10H3/t18-,21+,23-/m1/s1. The van der Waals surface area contributed by atoms with E-state index in [0.29, 0.717) is 17.1 Å². The zero-order valence-corrected chi connectivity index (χ0v) is 24.3. The van der Waals surface area contributed by atoms with Crippen LogP contribution in [0.15, 0.2) is 12.1 Å². The number of hydrogen-bond donors (Lipinski definition) is 1. The molecule has 1 aliphatic heterocycles. The van der Waals surface area contributed by atoms with E-state index in [2.05, 4.69) is 52.2 Å². The van der Waals surface area contributed by atoms with Crippen LogP contribution in [0.5, 0.6) is 0 Å². The highest BCUT2D eigenvalue weighted by Crippen LogP contribution is 2.40. The first-order chi connectivity index (χ1) is 15.5. The minimum Gasteiger partial charge on any atom is -0.444 e. The predicted molar refractivity (Wildman–Crippen MR) is 142 cm³/mol. The van der Waals surface area contributed by atoms with Crippen molar-refractivity contribution in [2.24, 2.45) is 0 Å². The number of nitrogens with zero attached hydrogens (tertiary/aromatic N) is 2. The molecule has 0 aliphatic carbocycles. The third-order valence-corrected chi connectivity index (χ3v) is 11.9. The minimum atomic E-state index is -2.08. The first-order valence-electron chi connectivity index (χ1n) is 12.1. The van der Waals surface area contributed by atoms with Crippen molar-refractivity contribution < 1.29 is 14.0 Å². The lowest BCUT2D eigenvalue weighted by Crippen LogP contribution is -2.61. The highest BCUT2D eigenvalue weighted by Gasteiger charge is 2.46. The van der Waals surface area contributed by atoms with Gasteiger partial charge in [0, 0.05) is 18.3 Å². The largest absolute Gasteiger partial charge is 0.444 e. The molecule has 0 spiro atoms. The van der Waals surface area contributed by atoms with Crippen LogP contribution in [-0.4, -0.2) is 49.6 Å². The van der Waals surface area contributed by atoms with E-state index in [1.54, 1.807) is 6.07 Å². The smallest absolute Gasteiger partial charge is 0.410 e. The molecule has 34 heavy (non-hydrogen) atoms. The van der Waals surface area contributed by atoms with E-state index in [9.17, 15) is 10.1 Å². The van der Waals surface area contributed by atoms with Crippen LogP contribution in [-0.2, 0) is 9.16 Å². The maximum Gasteiger partial charge on any atom is 0.410 e. The van der Waals surface area contributed by atoms with Crippen molar-refractivity contribution in [2.45, 2.75) is 110 Å². The Morgan fingerprint density at radius 2 is 1.88 bits per heavy atom. The molecule has 1 aromatic carbocycles. The van der Waals surface area contributed by atoms with Crippen molar-refractivity contribution in [1.29, 1.82) is 5.26 Å². The van der Waals surface area contributed by atoms with Crippen molar-refractivity contribution in [3.05, 3.63) is 28.3 Å². The molecule has 190 valence electrons. The van der Waals surface area contributed by atoms with E-state index in [4.69, 9.17) is 20.8 Å². The van der Waals surface area contributed by atoms with Crippen LogP contribution in [0, 0.1) is 18.3 Å². The summed E-state index contributed by atoms with van der Waals surface area (Å²) >= 11 is 6.42. The number of rotatable bonds is 5. The molecule has 1 aliphatic rings. The summed E-state index contributed by atoms with van der Waals surface area (Å²) < 4.78 is 12.7. The van der Waals surface area contributed by atoms with Gasteiger partial charge < -0.3 is 19.4 Å². The van der Waals surface area contributed by atoms with Gasteiger partial charge in [-0.2, -0.15) is 5.26 Å². The molecule has 0 bridgehead atoms. The van der Waals surface area contributed by atoms with Crippen molar-refractivity contribution in [3.8, 4) is 6.07 Å². The molecule has 2 rings (SSSR count). The van der Waals surface area contributed by atoms with Crippen LogP contribution >= 0.6 is 11.6 Å². The fraction of sp³-hybridized carbons (Fsp3) is 0.692. The number of likely N-dealkylation sites (tertiary alicyclic amines) is 1. The van der Waals surface area contributed by atoms with Crippen LogP contribution in [0.25, 0.3) is 0 Å². The van der Waals surface area contributed by atoms with Crippen LogP contribution in [0.1, 0.15) is 72.4 Å². The molecule has 1 heterocycles. The molecular formula is C26H42ClN3O3Si. The first-order valence-corrected chi connectivity index (χ1v) is 15.4. The fourth-order valence-corrected chi connectivity index (χ4v) is 5.63. The van der Waals surface area contributed by atoms with Crippen LogP contribution in [0.2, 0.25) is 23.2 Å². The zero-order chi connectivity index (χ0) is 26.1. The predicted octanol–water partition coefficient (Wildman–Crippen LogP) is 7.11. The van der Waals surface area contributed by atoms with E-state index in [1.807, 2.05) is 38.7 Å². The number of carbonyl (C=O) groups excluding carboxylic acids is 1. The number of nitriles is 1. The molecule has 0 radical (unpaired) electrons. The lowest BCUT2D eigenvalue weighted by molar-refractivity contribution is -0.0227. The highest BCUT2D eigenvalue weighted by molar-refractivity contribution is 6.74. The molecule has 8 heteroatoms. The van der Waals surface area contributed by atoms with Crippen molar-refractivity contribution in [2.75, 3.05) is 11.9 Å². The second-order valence-electron chi connectivity index (χ2n) is 11.9. The number of amides is 1. The van der Waals surface area contributed by atoms with Gasteiger partial charge in [0.05, 0.1) is 22.7 Å². The van der Waals surface area contributed by atoms with Gasteiger partial charge >= 0.3 is 6.09 Å². The minimum absolute atomic E-state index is 0.0552. The third-order valence-electron chi connectivity index (χ3n) is 6.91. The fourth-order valence-electron chi connectivity index (χ4n) is 4.05. The number of piperidine rings is 1. The van der Waals surface area contributed by atoms with Gasteiger partial charge in [0.2, 0.25) is 0 Å². The normalized spacial score (nSPS) is 20.5. The van der Waals surface area contributed by atoms with E-state index < -0.39 is 13.9 Å². The summed E-state index contributed by atoms with van der Waals surface area (Å²) in [7, 11) is -2.08. The average Bonchev–Trinajstić information content (AvgIpc) is 2.69. The van der Waals surface area contributed by atoms with Gasteiger partial charge in [-0.15, -0.1) is 0 Å². The monoisotopic (exact) mass is 507 g/mol. The Labute approximate surface area is 212 Å². The summed E-state index contributed by atoms with van der Waals surface area (Å²) in [6.45, 7) is 21.4. The van der Waals surface area contributed by atoms with E-state index in [1.165, 1.54) is 0 Å². The van der Waals surface area contributed by atoms with Gasteiger partial charge in [0.15, 0.2) is 8.32 Å². The van der Waals surface area contributed by atoms with Gasteiger partial charge in [-0.25, -0.2) is 4.79 Å². The molecule has 0 aromatic heterocycles. The number of halogens is 1. The van der Waals surface area contributed by atoms with Gasteiger partial charge in [0.1, 0.15) is 11.7 Å². The first kappa shape index (κ1) is 28.5. The molecule has 3 atom stereocenters. The SMILES string of the molecule is Cc1c(N[C@H](C)[C@@H]2[C@@H](O[Si](C)(C)C(C)(C)C)CCCN2C(=O)OC(C)(C)C)ccc(C#N)c1Cl. The van der Waals surface area contributed by atoms with Gasteiger partial charge in [-0.3, -0.25) is 0 Å². The molecule has 0 unspecified atom stereocenters. The molecule has 0 saturated carbocycles. The zero-order valence-electron chi connectivity index (χ0n) is 22.5. The van der Waals surface area contributed by atoms with Crippen molar-refractivity contribution in [3.63, 3.8) is 0 Å². The number of carbonyl (C=O) groups is 1. The number of anilines is 1. The molecule has 6 nitrogen and oxygen atoms in total. The third kappa shape index (κ3) is 6.68. The Morgan fingerprint density at radius 1 is 1.26 bits per heavy atom. The topological polar surface area (TPSA) is 74.6 Å². The Morgan fingerprint density at radius 3 is 2.41 bits per heavy atom. The molecule has 1 amide bonds. The summed E-state index contributed by atoms with van der Waals surface area (Å²) in [5.74, 6) is 0. The highest BCUT2D eigenvalue weighted by atomic mass is 35.5. The number of benzene rings is 1. The summed E-state index contributed by atoms with van der Waals surface area (Å²) in [6.07, 6.45) is 1.32. The Balaban J connectivity index is 2.43. The summed E-state index contributed by atoms with van der Waals surface area (Å²) in [4.78, 5) is 15.1. The van der Waals surface area contributed by atoms with E-state index in [0.717, 1.165) is 24.1 Å². The Bertz CT molecular complexity index is 931. The number of nitrogens with one attached hydrogen (secondary N) is 1. The molecular weight excluding hydrogens is 466 g/mol. The van der Waals surface area contributed by atoms with Gasteiger partial charge in [-0.05, 0) is 83.3 Å². The second-order valence-corrected chi connectivity index (χ2v) is 17.0. The molecule has 1 fully saturated rings. The van der Waals surface area contributed by atoms with Crippen molar-refractivity contribution in [1.82, 2.24) is 4.90 Å².